The molecule has 2 nitrogen and oxygen atoms in total. The highest BCUT2D eigenvalue weighted by molar-refractivity contribution is 5.30. The molecule has 0 fully saturated rings. The number of aryl methyl sites for hydroxylation is 1. The zero-order chi connectivity index (χ0) is 11.4. The van der Waals surface area contributed by atoms with E-state index in [-0.39, 0.29) is 6.04 Å². The monoisotopic (exact) mass is 215 g/mol. The van der Waals surface area contributed by atoms with Gasteiger partial charge in [-0.15, -0.1) is 0 Å². The Balaban J connectivity index is 2.17. The van der Waals surface area contributed by atoms with Crippen molar-refractivity contribution in [2.45, 2.75) is 25.8 Å². The summed E-state index contributed by atoms with van der Waals surface area (Å²) in [7, 11) is 0. The Morgan fingerprint density at radius 3 is 2.69 bits per heavy atom. The summed E-state index contributed by atoms with van der Waals surface area (Å²) in [4.78, 5) is 0. The number of hydrogen-bond donors (Lipinski definition) is 1. The van der Waals surface area contributed by atoms with Gasteiger partial charge in [-0.2, -0.15) is 0 Å². The van der Waals surface area contributed by atoms with E-state index in [1.165, 1.54) is 11.1 Å². The molecule has 2 N–H and O–H groups in total. The van der Waals surface area contributed by atoms with Crippen LogP contribution in [0.3, 0.4) is 0 Å². The summed E-state index contributed by atoms with van der Waals surface area (Å²) in [5, 5.41) is 0. The van der Waals surface area contributed by atoms with Gasteiger partial charge in [0.25, 0.3) is 0 Å². The van der Waals surface area contributed by atoms with Gasteiger partial charge in [-0.05, 0) is 29.7 Å². The maximum atomic E-state index is 6.20. The van der Waals surface area contributed by atoms with E-state index < -0.39 is 0 Å². The SMILES string of the molecule is CCc1ccccc1C(N)Cc1ccco1. The summed E-state index contributed by atoms with van der Waals surface area (Å²) < 4.78 is 5.32. The van der Waals surface area contributed by atoms with Crippen LogP contribution in [-0.2, 0) is 12.8 Å². The molecule has 1 unspecified atom stereocenters. The van der Waals surface area contributed by atoms with E-state index in [1.54, 1.807) is 6.26 Å². The molecule has 2 rings (SSSR count). The summed E-state index contributed by atoms with van der Waals surface area (Å²) in [6.07, 6.45) is 3.46. The molecule has 2 heteroatoms. The maximum absolute atomic E-state index is 6.20. The van der Waals surface area contributed by atoms with E-state index in [0.717, 1.165) is 18.6 Å². The zero-order valence-corrected chi connectivity index (χ0v) is 9.52. The van der Waals surface area contributed by atoms with Crippen LogP contribution in [0.2, 0.25) is 0 Å². The van der Waals surface area contributed by atoms with Crippen molar-refractivity contribution >= 4 is 0 Å². The van der Waals surface area contributed by atoms with E-state index in [4.69, 9.17) is 10.2 Å². The molecule has 0 saturated heterocycles. The van der Waals surface area contributed by atoms with Gasteiger partial charge in [0, 0.05) is 12.5 Å². The Hall–Kier alpha value is -1.54. The molecule has 0 spiro atoms. The first kappa shape index (κ1) is 11.0. The van der Waals surface area contributed by atoms with Crippen molar-refractivity contribution in [3.05, 3.63) is 59.5 Å². The van der Waals surface area contributed by atoms with Crippen LogP contribution in [0.25, 0.3) is 0 Å². The fourth-order valence-corrected chi connectivity index (χ4v) is 1.97. The second-order valence-corrected chi connectivity index (χ2v) is 3.94. The Bertz CT molecular complexity index is 434. The molecule has 0 radical (unpaired) electrons. The van der Waals surface area contributed by atoms with Crippen molar-refractivity contribution in [3.8, 4) is 0 Å². The largest absolute Gasteiger partial charge is 0.469 e. The lowest BCUT2D eigenvalue weighted by Gasteiger charge is -2.14. The maximum Gasteiger partial charge on any atom is 0.105 e. The van der Waals surface area contributed by atoms with Crippen LogP contribution in [0.1, 0.15) is 29.9 Å². The highest BCUT2D eigenvalue weighted by Crippen LogP contribution is 2.20. The smallest absolute Gasteiger partial charge is 0.105 e. The van der Waals surface area contributed by atoms with Crippen molar-refractivity contribution in [2.24, 2.45) is 5.73 Å². The Labute approximate surface area is 96.1 Å². The number of nitrogens with two attached hydrogens (primary N) is 1. The molecular formula is C14H17NO. The lowest BCUT2D eigenvalue weighted by Crippen LogP contribution is -2.14. The van der Waals surface area contributed by atoms with E-state index in [1.807, 2.05) is 18.2 Å². The summed E-state index contributed by atoms with van der Waals surface area (Å²) in [5.41, 5.74) is 8.75. The van der Waals surface area contributed by atoms with Crippen molar-refractivity contribution in [1.82, 2.24) is 0 Å². The van der Waals surface area contributed by atoms with Gasteiger partial charge in [0.2, 0.25) is 0 Å². The minimum absolute atomic E-state index is 0.0160. The van der Waals surface area contributed by atoms with Crippen molar-refractivity contribution < 1.29 is 4.42 Å². The van der Waals surface area contributed by atoms with E-state index in [2.05, 4.69) is 25.1 Å². The molecule has 84 valence electrons. The number of benzene rings is 1. The molecule has 1 atom stereocenters. The van der Waals surface area contributed by atoms with Gasteiger partial charge in [0.1, 0.15) is 5.76 Å². The lowest BCUT2D eigenvalue weighted by atomic mass is 9.96. The van der Waals surface area contributed by atoms with E-state index in [0.29, 0.717) is 0 Å². The Morgan fingerprint density at radius 2 is 2.00 bits per heavy atom. The standard InChI is InChI=1S/C14H17NO/c1-2-11-6-3-4-8-13(11)14(15)10-12-7-5-9-16-12/h3-9,14H,2,10,15H2,1H3. The first-order valence-electron chi connectivity index (χ1n) is 5.67. The third-order valence-electron chi connectivity index (χ3n) is 2.84. The van der Waals surface area contributed by atoms with Crippen LogP contribution in [-0.4, -0.2) is 0 Å². The van der Waals surface area contributed by atoms with Crippen molar-refractivity contribution in [1.29, 1.82) is 0 Å². The van der Waals surface area contributed by atoms with Crippen LogP contribution in [0.15, 0.2) is 47.1 Å². The van der Waals surface area contributed by atoms with Gasteiger partial charge in [-0.3, -0.25) is 0 Å². The fourth-order valence-electron chi connectivity index (χ4n) is 1.97. The average molecular weight is 215 g/mol. The summed E-state index contributed by atoms with van der Waals surface area (Å²) >= 11 is 0. The van der Waals surface area contributed by atoms with Gasteiger partial charge >= 0.3 is 0 Å². The van der Waals surface area contributed by atoms with Crippen molar-refractivity contribution in [3.63, 3.8) is 0 Å². The second kappa shape index (κ2) is 4.99. The van der Waals surface area contributed by atoms with Crippen LogP contribution in [0.5, 0.6) is 0 Å². The quantitative estimate of drug-likeness (QED) is 0.851. The molecule has 1 aromatic carbocycles. The summed E-state index contributed by atoms with van der Waals surface area (Å²) in [6.45, 7) is 2.15. The molecule has 0 aliphatic carbocycles. The molecule has 1 aromatic heterocycles. The van der Waals surface area contributed by atoms with E-state index >= 15 is 0 Å². The molecular weight excluding hydrogens is 198 g/mol. The predicted octanol–water partition coefficient (Wildman–Crippen LogP) is 3.08. The molecule has 2 aromatic rings. The van der Waals surface area contributed by atoms with Gasteiger partial charge < -0.3 is 10.2 Å². The fraction of sp³-hybridized carbons (Fsp3) is 0.286. The first-order valence-corrected chi connectivity index (χ1v) is 5.67. The first-order chi connectivity index (χ1) is 7.81. The minimum Gasteiger partial charge on any atom is -0.469 e. The lowest BCUT2D eigenvalue weighted by molar-refractivity contribution is 0.488. The molecule has 16 heavy (non-hydrogen) atoms. The molecule has 0 aliphatic heterocycles. The van der Waals surface area contributed by atoms with Gasteiger partial charge in [-0.1, -0.05) is 31.2 Å². The van der Waals surface area contributed by atoms with Gasteiger partial charge in [0.15, 0.2) is 0 Å². The topological polar surface area (TPSA) is 39.2 Å². The van der Waals surface area contributed by atoms with Crippen LogP contribution in [0.4, 0.5) is 0 Å². The number of rotatable bonds is 4. The Morgan fingerprint density at radius 1 is 1.19 bits per heavy atom. The number of hydrogen-bond acceptors (Lipinski definition) is 2. The zero-order valence-electron chi connectivity index (χ0n) is 9.52. The third kappa shape index (κ3) is 2.34. The predicted molar refractivity (Wildman–Crippen MR) is 65.2 cm³/mol. The summed E-state index contributed by atoms with van der Waals surface area (Å²) in [5.74, 6) is 0.943. The van der Waals surface area contributed by atoms with Crippen LogP contribution >= 0.6 is 0 Å². The average Bonchev–Trinajstić information content (AvgIpc) is 2.81. The highest BCUT2D eigenvalue weighted by atomic mass is 16.3. The molecule has 0 bridgehead atoms. The Kier molecular flexibility index (Phi) is 3.42. The van der Waals surface area contributed by atoms with Gasteiger partial charge in [0.05, 0.1) is 6.26 Å². The van der Waals surface area contributed by atoms with Gasteiger partial charge in [-0.25, -0.2) is 0 Å². The minimum atomic E-state index is 0.0160. The van der Waals surface area contributed by atoms with Crippen LogP contribution in [0, 0.1) is 0 Å². The van der Waals surface area contributed by atoms with Crippen molar-refractivity contribution in [2.75, 3.05) is 0 Å². The normalized spacial score (nSPS) is 12.6. The van der Waals surface area contributed by atoms with Crippen LogP contribution < -0.4 is 5.73 Å². The molecule has 1 heterocycles. The summed E-state index contributed by atoms with van der Waals surface area (Å²) in [6, 6.07) is 12.2. The van der Waals surface area contributed by atoms with E-state index in [9.17, 15) is 0 Å². The molecule has 0 saturated carbocycles. The molecule has 0 amide bonds. The number of furan rings is 1. The molecule has 0 aliphatic rings. The second-order valence-electron chi connectivity index (χ2n) is 3.94. The third-order valence-corrected chi connectivity index (χ3v) is 2.84. The highest BCUT2D eigenvalue weighted by Gasteiger charge is 2.11.